The monoisotopic (exact) mass is 301 g/mol. The number of nitrogen functional groups attached to an aromatic ring is 1. The average molecular weight is 303 g/mol. The molecule has 0 spiro atoms. The first kappa shape index (κ1) is 13.5. The highest BCUT2D eigenvalue weighted by atomic mass is 35.5. The number of rotatable bonds is 2. The van der Waals surface area contributed by atoms with Crippen LogP contribution >= 0.6 is 34.8 Å². The molecule has 0 radical (unpaired) electrons. The van der Waals surface area contributed by atoms with Gasteiger partial charge in [-0.3, -0.25) is 0 Å². The average Bonchev–Trinajstić information content (AvgIpc) is 2.32. The summed E-state index contributed by atoms with van der Waals surface area (Å²) in [5, 5.41) is 11.6. The summed E-state index contributed by atoms with van der Waals surface area (Å²) in [5.41, 5.74) is 7.46. The van der Waals surface area contributed by atoms with Crippen molar-refractivity contribution in [1.29, 1.82) is 0 Å². The molecule has 0 aromatic heterocycles. The van der Waals surface area contributed by atoms with Crippen molar-refractivity contribution < 1.29 is 5.11 Å². The van der Waals surface area contributed by atoms with Crippen LogP contribution < -0.4 is 5.73 Å². The molecular weight excluding hydrogens is 293 g/mol. The predicted octanol–water partition coefficient (Wildman–Crippen LogP) is 4.31. The molecule has 2 rings (SSSR count). The molecule has 0 saturated carbocycles. The Kier molecular flexibility index (Phi) is 4.03. The molecule has 0 aliphatic rings. The number of halogens is 3. The smallest absolute Gasteiger partial charge is 0.106 e. The van der Waals surface area contributed by atoms with Crippen LogP contribution in [0.4, 0.5) is 5.69 Å². The summed E-state index contributed by atoms with van der Waals surface area (Å²) in [7, 11) is 0. The number of nitrogens with two attached hydrogens (primary N) is 1. The minimum absolute atomic E-state index is 0.390. The largest absolute Gasteiger partial charge is 0.398 e. The number of hydrogen-bond donors (Lipinski definition) is 2. The van der Waals surface area contributed by atoms with Gasteiger partial charge in [0, 0.05) is 16.3 Å². The summed E-state index contributed by atoms with van der Waals surface area (Å²) in [5.74, 6) is 0. The van der Waals surface area contributed by atoms with Crippen LogP contribution in [0.25, 0.3) is 0 Å². The van der Waals surface area contributed by atoms with Gasteiger partial charge in [0.15, 0.2) is 0 Å². The second-order valence-electron chi connectivity index (χ2n) is 3.85. The maximum absolute atomic E-state index is 10.3. The van der Waals surface area contributed by atoms with E-state index in [2.05, 4.69) is 0 Å². The van der Waals surface area contributed by atoms with Crippen LogP contribution in [-0.2, 0) is 0 Å². The summed E-state index contributed by atoms with van der Waals surface area (Å²) in [6.45, 7) is 0. The van der Waals surface area contributed by atoms with Gasteiger partial charge in [0.2, 0.25) is 0 Å². The minimum Gasteiger partial charge on any atom is -0.398 e. The van der Waals surface area contributed by atoms with E-state index in [4.69, 9.17) is 40.5 Å². The molecule has 1 unspecified atom stereocenters. The molecule has 1 atom stereocenters. The summed E-state index contributed by atoms with van der Waals surface area (Å²) >= 11 is 17.6. The van der Waals surface area contributed by atoms with Gasteiger partial charge < -0.3 is 10.8 Å². The highest BCUT2D eigenvalue weighted by molar-refractivity contribution is 6.42. The molecule has 0 saturated heterocycles. The fraction of sp³-hybridized carbons (Fsp3) is 0.0769. The summed E-state index contributed by atoms with van der Waals surface area (Å²) < 4.78 is 0. The van der Waals surface area contributed by atoms with Crippen molar-refractivity contribution in [3.63, 3.8) is 0 Å². The normalized spacial score (nSPS) is 12.4. The van der Waals surface area contributed by atoms with Gasteiger partial charge in [-0.25, -0.2) is 0 Å². The third kappa shape index (κ3) is 2.73. The first-order valence-corrected chi connectivity index (χ1v) is 6.30. The molecule has 0 amide bonds. The lowest BCUT2D eigenvalue weighted by Crippen LogP contribution is -2.03. The zero-order valence-corrected chi connectivity index (χ0v) is 11.5. The third-order valence-electron chi connectivity index (χ3n) is 2.60. The molecule has 0 aliphatic carbocycles. The Labute approximate surface area is 120 Å². The Bertz CT molecular complexity index is 586. The number of hydrogen-bond acceptors (Lipinski definition) is 2. The third-order valence-corrected chi connectivity index (χ3v) is 3.58. The molecular formula is C13H10Cl3NO. The maximum Gasteiger partial charge on any atom is 0.106 e. The number of aliphatic hydroxyl groups excluding tert-OH is 1. The standard InChI is InChI=1S/C13H10Cl3NO/c14-8-2-3-9(12(17)6-8)13(18)7-1-4-10(15)11(16)5-7/h1-6,13,18H,17H2. The van der Waals surface area contributed by atoms with Gasteiger partial charge in [0.05, 0.1) is 10.0 Å². The number of aliphatic hydroxyl groups is 1. The van der Waals surface area contributed by atoms with Gasteiger partial charge in [0.1, 0.15) is 6.10 Å². The Morgan fingerprint density at radius 3 is 2.28 bits per heavy atom. The van der Waals surface area contributed by atoms with Crippen molar-refractivity contribution in [2.75, 3.05) is 5.73 Å². The van der Waals surface area contributed by atoms with Gasteiger partial charge in [-0.15, -0.1) is 0 Å². The zero-order chi connectivity index (χ0) is 13.3. The van der Waals surface area contributed by atoms with Gasteiger partial charge >= 0.3 is 0 Å². The Hall–Kier alpha value is -0.930. The molecule has 0 aliphatic heterocycles. The molecule has 2 aromatic rings. The Balaban J connectivity index is 2.41. The van der Waals surface area contributed by atoms with E-state index < -0.39 is 6.10 Å². The molecule has 2 nitrogen and oxygen atoms in total. The van der Waals surface area contributed by atoms with E-state index in [0.29, 0.717) is 31.9 Å². The highest BCUT2D eigenvalue weighted by Gasteiger charge is 2.14. The van der Waals surface area contributed by atoms with Crippen molar-refractivity contribution in [3.8, 4) is 0 Å². The van der Waals surface area contributed by atoms with Gasteiger partial charge in [-0.05, 0) is 29.8 Å². The van der Waals surface area contributed by atoms with E-state index in [1.807, 2.05) is 0 Å². The van der Waals surface area contributed by atoms with Gasteiger partial charge in [-0.2, -0.15) is 0 Å². The highest BCUT2D eigenvalue weighted by Crippen LogP contribution is 2.32. The quantitative estimate of drug-likeness (QED) is 0.812. The summed E-state index contributed by atoms with van der Waals surface area (Å²) in [6.07, 6.45) is -0.864. The van der Waals surface area contributed by atoms with Crippen LogP contribution in [0.5, 0.6) is 0 Å². The lowest BCUT2D eigenvalue weighted by atomic mass is 10.0. The lowest BCUT2D eigenvalue weighted by molar-refractivity contribution is 0.221. The van der Waals surface area contributed by atoms with Crippen LogP contribution in [0, 0.1) is 0 Å². The fourth-order valence-corrected chi connectivity index (χ4v) is 2.14. The van der Waals surface area contributed by atoms with E-state index in [1.54, 1.807) is 36.4 Å². The van der Waals surface area contributed by atoms with Crippen molar-refractivity contribution in [2.45, 2.75) is 6.10 Å². The Morgan fingerprint density at radius 2 is 1.67 bits per heavy atom. The molecule has 5 heteroatoms. The van der Waals surface area contributed by atoms with E-state index >= 15 is 0 Å². The molecule has 18 heavy (non-hydrogen) atoms. The van der Waals surface area contributed by atoms with Gasteiger partial charge in [-0.1, -0.05) is 46.9 Å². The lowest BCUT2D eigenvalue weighted by Gasteiger charge is -2.14. The molecule has 2 aromatic carbocycles. The van der Waals surface area contributed by atoms with E-state index in [0.717, 1.165) is 0 Å². The number of anilines is 1. The van der Waals surface area contributed by atoms with Crippen molar-refractivity contribution in [1.82, 2.24) is 0 Å². The van der Waals surface area contributed by atoms with Crippen LogP contribution in [0.2, 0.25) is 15.1 Å². The van der Waals surface area contributed by atoms with Crippen molar-refractivity contribution >= 4 is 40.5 Å². The molecule has 0 bridgehead atoms. The molecule has 3 N–H and O–H groups in total. The minimum atomic E-state index is -0.864. The maximum atomic E-state index is 10.3. The van der Waals surface area contributed by atoms with Crippen LogP contribution in [-0.4, -0.2) is 5.11 Å². The predicted molar refractivity (Wildman–Crippen MR) is 76.4 cm³/mol. The topological polar surface area (TPSA) is 46.2 Å². The van der Waals surface area contributed by atoms with Crippen molar-refractivity contribution in [3.05, 3.63) is 62.6 Å². The van der Waals surface area contributed by atoms with Gasteiger partial charge in [0.25, 0.3) is 0 Å². The first-order valence-electron chi connectivity index (χ1n) is 5.17. The van der Waals surface area contributed by atoms with E-state index in [1.165, 1.54) is 0 Å². The second kappa shape index (κ2) is 5.37. The molecule has 0 fully saturated rings. The van der Waals surface area contributed by atoms with Crippen LogP contribution in [0.3, 0.4) is 0 Å². The van der Waals surface area contributed by atoms with Crippen molar-refractivity contribution in [2.24, 2.45) is 0 Å². The fourth-order valence-electron chi connectivity index (χ4n) is 1.66. The van der Waals surface area contributed by atoms with E-state index in [-0.39, 0.29) is 0 Å². The molecule has 0 heterocycles. The van der Waals surface area contributed by atoms with Crippen LogP contribution in [0.15, 0.2) is 36.4 Å². The van der Waals surface area contributed by atoms with Crippen LogP contribution in [0.1, 0.15) is 17.2 Å². The van der Waals surface area contributed by atoms with E-state index in [9.17, 15) is 5.11 Å². The first-order chi connectivity index (χ1) is 8.49. The second-order valence-corrected chi connectivity index (χ2v) is 5.10. The number of benzene rings is 2. The molecule has 94 valence electrons. The summed E-state index contributed by atoms with van der Waals surface area (Å²) in [4.78, 5) is 0. The summed E-state index contributed by atoms with van der Waals surface area (Å²) in [6, 6.07) is 9.90. The Morgan fingerprint density at radius 1 is 0.944 bits per heavy atom. The zero-order valence-electron chi connectivity index (χ0n) is 9.20. The SMILES string of the molecule is Nc1cc(Cl)ccc1C(O)c1ccc(Cl)c(Cl)c1.